The Morgan fingerprint density at radius 3 is 2.77 bits per heavy atom. The van der Waals surface area contributed by atoms with Crippen molar-refractivity contribution in [3.63, 3.8) is 0 Å². The summed E-state index contributed by atoms with van der Waals surface area (Å²) in [6, 6.07) is 11.9. The number of hydrogen-bond donors (Lipinski definition) is 1. The molecule has 0 saturated heterocycles. The number of rotatable bonds is 2. The Hall–Kier alpha value is -0.980. The van der Waals surface area contributed by atoms with Crippen LogP contribution in [0.4, 0.5) is 5.69 Å². The predicted molar refractivity (Wildman–Crippen MR) is 55.8 cm³/mol. The van der Waals surface area contributed by atoms with E-state index in [1.807, 2.05) is 18.2 Å². The van der Waals surface area contributed by atoms with Crippen molar-refractivity contribution in [2.24, 2.45) is 0 Å². The van der Waals surface area contributed by atoms with Crippen LogP contribution in [-0.2, 0) is 0 Å². The molecule has 1 fully saturated rings. The molecule has 0 spiro atoms. The third kappa shape index (κ3) is 2.48. The minimum absolute atomic E-state index is 0.699. The van der Waals surface area contributed by atoms with Gasteiger partial charge in [-0.3, -0.25) is 0 Å². The molecule has 1 aliphatic rings. The van der Waals surface area contributed by atoms with Crippen molar-refractivity contribution in [2.45, 2.75) is 38.1 Å². The van der Waals surface area contributed by atoms with E-state index in [0.29, 0.717) is 6.04 Å². The van der Waals surface area contributed by atoms with E-state index in [4.69, 9.17) is 0 Å². The molecular weight excluding hydrogens is 158 g/mol. The molecule has 0 amide bonds. The molecule has 1 radical (unpaired) electrons. The molecule has 0 heterocycles. The van der Waals surface area contributed by atoms with Gasteiger partial charge in [0.05, 0.1) is 0 Å². The van der Waals surface area contributed by atoms with Crippen LogP contribution in [0, 0.1) is 6.07 Å². The monoisotopic (exact) mass is 174 g/mol. The van der Waals surface area contributed by atoms with Gasteiger partial charge in [0, 0.05) is 11.7 Å². The quantitative estimate of drug-likeness (QED) is 0.725. The standard InChI is InChI=1S/C12H16N/c1-3-7-11(8-4-1)13-12-9-5-2-6-10-12/h1,3,7-8,12-13H,2,5-6,9-10H2. The van der Waals surface area contributed by atoms with Gasteiger partial charge in [-0.2, -0.15) is 0 Å². The van der Waals surface area contributed by atoms with E-state index >= 15 is 0 Å². The van der Waals surface area contributed by atoms with E-state index < -0.39 is 0 Å². The second-order valence-corrected chi connectivity index (χ2v) is 3.77. The lowest BCUT2D eigenvalue weighted by Gasteiger charge is -2.23. The predicted octanol–water partition coefficient (Wildman–Crippen LogP) is 3.23. The van der Waals surface area contributed by atoms with Crippen molar-refractivity contribution in [2.75, 3.05) is 5.32 Å². The lowest BCUT2D eigenvalue weighted by Crippen LogP contribution is -2.21. The van der Waals surface area contributed by atoms with Crippen molar-refractivity contribution < 1.29 is 0 Å². The van der Waals surface area contributed by atoms with Crippen molar-refractivity contribution >= 4 is 5.69 Å². The summed E-state index contributed by atoms with van der Waals surface area (Å²) in [6.45, 7) is 0. The molecular formula is C12H16N. The Morgan fingerprint density at radius 1 is 1.23 bits per heavy atom. The smallest absolute Gasteiger partial charge is 0.0348 e. The summed E-state index contributed by atoms with van der Waals surface area (Å²) in [6.07, 6.45) is 6.84. The van der Waals surface area contributed by atoms with Crippen LogP contribution in [0.5, 0.6) is 0 Å². The first kappa shape index (κ1) is 8.61. The van der Waals surface area contributed by atoms with E-state index in [0.717, 1.165) is 0 Å². The third-order valence-electron chi connectivity index (χ3n) is 2.68. The average molecular weight is 174 g/mol. The van der Waals surface area contributed by atoms with Gasteiger partial charge in [0.1, 0.15) is 0 Å². The topological polar surface area (TPSA) is 12.0 Å². The van der Waals surface area contributed by atoms with E-state index in [9.17, 15) is 0 Å². The molecule has 1 N–H and O–H groups in total. The normalized spacial score (nSPS) is 18.5. The van der Waals surface area contributed by atoms with Gasteiger partial charge in [-0.05, 0) is 31.0 Å². The summed E-state index contributed by atoms with van der Waals surface area (Å²) in [5.41, 5.74) is 1.22. The molecule has 69 valence electrons. The molecule has 0 bridgehead atoms. The molecule has 0 aliphatic heterocycles. The first-order chi connectivity index (χ1) is 6.45. The molecule has 1 heteroatoms. The highest BCUT2D eigenvalue weighted by atomic mass is 14.9. The second-order valence-electron chi connectivity index (χ2n) is 3.77. The Labute approximate surface area is 80.2 Å². The summed E-state index contributed by atoms with van der Waals surface area (Å²) < 4.78 is 0. The fraction of sp³-hybridized carbons (Fsp3) is 0.500. The van der Waals surface area contributed by atoms with Crippen molar-refractivity contribution in [3.8, 4) is 0 Å². The second kappa shape index (κ2) is 4.31. The molecule has 2 rings (SSSR count). The van der Waals surface area contributed by atoms with Gasteiger partial charge in [0.2, 0.25) is 0 Å². The highest BCUT2D eigenvalue weighted by Crippen LogP contribution is 2.21. The molecule has 1 nitrogen and oxygen atoms in total. The summed E-state index contributed by atoms with van der Waals surface area (Å²) in [5, 5.41) is 3.55. The number of benzene rings is 1. The first-order valence-electron chi connectivity index (χ1n) is 5.18. The van der Waals surface area contributed by atoms with Crippen LogP contribution in [-0.4, -0.2) is 6.04 Å². The van der Waals surface area contributed by atoms with Gasteiger partial charge in [-0.25, -0.2) is 0 Å². The number of nitrogens with one attached hydrogen (secondary N) is 1. The molecule has 0 aromatic heterocycles. The van der Waals surface area contributed by atoms with Gasteiger partial charge < -0.3 is 5.32 Å². The lowest BCUT2D eigenvalue weighted by molar-refractivity contribution is 0.463. The minimum Gasteiger partial charge on any atom is -0.382 e. The van der Waals surface area contributed by atoms with Gasteiger partial charge >= 0.3 is 0 Å². The van der Waals surface area contributed by atoms with Crippen molar-refractivity contribution in [1.82, 2.24) is 0 Å². The lowest BCUT2D eigenvalue weighted by atomic mass is 9.95. The molecule has 13 heavy (non-hydrogen) atoms. The summed E-state index contributed by atoms with van der Waals surface area (Å²) >= 11 is 0. The van der Waals surface area contributed by atoms with Crippen LogP contribution >= 0.6 is 0 Å². The van der Waals surface area contributed by atoms with Gasteiger partial charge in [-0.1, -0.05) is 31.4 Å². The molecule has 1 saturated carbocycles. The zero-order valence-corrected chi connectivity index (χ0v) is 7.92. The minimum atomic E-state index is 0.699. The van der Waals surface area contributed by atoms with Crippen LogP contribution < -0.4 is 5.32 Å². The highest BCUT2D eigenvalue weighted by molar-refractivity contribution is 5.42. The van der Waals surface area contributed by atoms with Crippen molar-refractivity contribution in [1.29, 1.82) is 0 Å². The molecule has 0 atom stereocenters. The van der Waals surface area contributed by atoms with E-state index in [-0.39, 0.29) is 0 Å². The van der Waals surface area contributed by atoms with Gasteiger partial charge in [0.15, 0.2) is 0 Å². The third-order valence-corrected chi connectivity index (χ3v) is 2.68. The Morgan fingerprint density at radius 2 is 2.08 bits per heavy atom. The Kier molecular flexibility index (Phi) is 2.86. The zero-order valence-electron chi connectivity index (χ0n) is 7.92. The van der Waals surface area contributed by atoms with E-state index in [1.165, 1.54) is 37.8 Å². The molecule has 1 aliphatic carbocycles. The van der Waals surface area contributed by atoms with Gasteiger partial charge in [0.25, 0.3) is 0 Å². The fourth-order valence-corrected chi connectivity index (χ4v) is 1.97. The summed E-state index contributed by atoms with van der Waals surface area (Å²) in [4.78, 5) is 0. The fourth-order valence-electron chi connectivity index (χ4n) is 1.97. The van der Waals surface area contributed by atoms with Crippen LogP contribution in [0.15, 0.2) is 24.3 Å². The average Bonchev–Trinajstić information content (AvgIpc) is 2.21. The Balaban J connectivity index is 1.90. The number of anilines is 1. The van der Waals surface area contributed by atoms with Gasteiger partial charge in [-0.15, -0.1) is 0 Å². The largest absolute Gasteiger partial charge is 0.382 e. The SMILES string of the molecule is [c]1cccc(NC2CCCCC2)c1. The van der Waals surface area contributed by atoms with Crippen LogP contribution in [0.1, 0.15) is 32.1 Å². The maximum Gasteiger partial charge on any atom is 0.0348 e. The summed E-state index contributed by atoms with van der Waals surface area (Å²) in [7, 11) is 0. The maximum atomic E-state index is 3.55. The molecule has 1 aromatic carbocycles. The van der Waals surface area contributed by atoms with E-state index in [2.05, 4.69) is 17.4 Å². The molecule has 0 unspecified atom stereocenters. The van der Waals surface area contributed by atoms with Crippen molar-refractivity contribution in [3.05, 3.63) is 30.3 Å². The van der Waals surface area contributed by atoms with E-state index in [1.54, 1.807) is 0 Å². The maximum absolute atomic E-state index is 3.55. The Bertz CT molecular complexity index is 237. The zero-order chi connectivity index (χ0) is 8.93. The van der Waals surface area contributed by atoms with Crippen LogP contribution in [0.2, 0.25) is 0 Å². The molecule has 1 aromatic rings. The summed E-state index contributed by atoms with van der Waals surface area (Å²) in [5.74, 6) is 0. The highest BCUT2D eigenvalue weighted by Gasteiger charge is 2.12. The van der Waals surface area contributed by atoms with Crippen LogP contribution in [0.3, 0.4) is 0 Å². The van der Waals surface area contributed by atoms with Crippen LogP contribution in [0.25, 0.3) is 0 Å². The first-order valence-corrected chi connectivity index (χ1v) is 5.18. The number of hydrogen-bond acceptors (Lipinski definition) is 1.